The van der Waals surface area contributed by atoms with Gasteiger partial charge in [0.25, 0.3) is 0 Å². The second kappa shape index (κ2) is 8.70. The number of halogens is 1. The third kappa shape index (κ3) is 4.00. The highest BCUT2D eigenvalue weighted by atomic mass is 35.5. The lowest BCUT2D eigenvalue weighted by Gasteiger charge is -2.22. The number of nitrogens with one attached hydrogen (secondary N) is 1. The molecule has 0 saturated carbocycles. The third-order valence-electron chi connectivity index (χ3n) is 6.47. The monoisotopic (exact) mass is 478 g/mol. The molecule has 2 saturated heterocycles. The maximum absolute atomic E-state index is 11.7. The molecule has 2 N–H and O–H groups in total. The molecule has 10 heteroatoms. The molecule has 0 bridgehead atoms. The van der Waals surface area contributed by atoms with Crippen LogP contribution in [0.3, 0.4) is 0 Å². The number of aromatic carboxylic acids is 1. The van der Waals surface area contributed by atoms with Crippen LogP contribution in [0.15, 0.2) is 24.3 Å². The van der Waals surface area contributed by atoms with Crippen LogP contribution in [-0.4, -0.2) is 52.3 Å². The Kier molecular flexibility index (Phi) is 5.71. The number of benzene rings is 1. The van der Waals surface area contributed by atoms with Crippen LogP contribution in [0.25, 0.3) is 11.0 Å². The van der Waals surface area contributed by atoms with Crippen molar-refractivity contribution in [3.05, 3.63) is 51.9 Å². The number of hydrogen-bond donors (Lipinski definition) is 2. The van der Waals surface area contributed by atoms with E-state index in [1.54, 1.807) is 12.1 Å². The summed E-state index contributed by atoms with van der Waals surface area (Å²) in [6.45, 7) is 6.91. The van der Waals surface area contributed by atoms with Crippen LogP contribution in [0.2, 0.25) is 5.15 Å². The number of carboxylic acids is 1. The minimum atomic E-state index is -1.17. The predicted octanol–water partition coefficient (Wildman–Crippen LogP) is 3.81. The number of aryl methyl sites for hydroxylation is 1. The van der Waals surface area contributed by atoms with Gasteiger partial charge in [-0.1, -0.05) is 17.7 Å². The minimum absolute atomic E-state index is 0.108. The first-order chi connectivity index (χ1) is 16.3. The van der Waals surface area contributed by atoms with Crippen LogP contribution in [0, 0.1) is 30.1 Å². The van der Waals surface area contributed by atoms with Crippen molar-refractivity contribution in [1.29, 1.82) is 5.26 Å². The summed E-state index contributed by atoms with van der Waals surface area (Å²) in [6.07, 6.45) is 0. The number of ether oxygens (including phenoxy) is 1. The van der Waals surface area contributed by atoms with Gasteiger partial charge in [0, 0.05) is 30.5 Å². The van der Waals surface area contributed by atoms with Gasteiger partial charge in [0.1, 0.15) is 11.2 Å². The lowest BCUT2D eigenvalue weighted by atomic mass is 10.0. The molecule has 0 radical (unpaired) electrons. The van der Waals surface area contributed by atoms with E-state index in [9.17, 15) is 15.2 Å². The number of pyridine rings is 1. The predicted molar refractivity (Wildman–Crippen MR) is 127 cm³/mol. The third-order valence-corrected chi connectivity index (χ3v) is 6.68. The second-order valence-electron chi connectivity index (χ2n) is 8.89. The summed E-state index contributed by atoms with van der Waals surface area (Å²) in [5.74, 6) is 0.291. The molecular weight excluding hydrogens is 456 g/mol. The first-order valence-corrected chi connectivity index (χ1v) is 11.4. The highest BCUT2D eigenvalue weighted by Crippen LogP contribution is 2.35. The molecule has 3 atom stereocenters. The fourth-order valence-electron chi connectivity index (χ4n) is 4.84. The molecule has 2 aromatic heterocycles. The number of rotatable bonds is 5. The van der Waals surface area contributed by atoms with Crippen LogP contribution in [0.5, 0.6) is 0 Å². The molecule has 2 fully saturated rings. The highest BCUT2D eigenvalue weighted by Gasteiger charge is 2.38. The average Bonchev–Trinajstić information content (AvgIpc) is 3.41. The molecule has 0 amide bonds. The van der Waals surface area contributed by atoms with E-state index < -0.39 is 5.97 Å². The van der Waals surface area contributed by atoms with E-state index in [1.165, 1.54) is 0 Å². The Morgan fingerprint density at radius 2 is 2.00 bits per heavy atom. The summed E-state index contributed by atoms with van der Waals surface area (Å²) in [4.78, 5) is 27.3. The van der Waals surface area contributed by atoms with E-state index in [-0.39, 0.29) is 16.9 Å². The smallest absolute Gasteiger partial charge is 0.356 e. The molecule has 9 nitrogen and oxygen atoms in total. The molecule has 2 aliphatic heterocycles. The number of hydrogen-bond acceptors (Lipinski definition) is 8. The molecule has 0 aliphatic carbocycles. The van der Waals surface area contributed by atoms with Crippen LogP contribution >= 0.6 is 11.6 Å². The maximum atomic E-state index is 11.7. The van der Waals surface area contributed by atoms with Crippen molar-refractivity contribution in [2.24, 2.45) is 11.8 Å². The zero-order valence-electron chi connectivity index (χ0n) is 18.7. The van der Waals surface area contributed by atoms with Gasteiger partial charge in [0.05, 0.1) is 36.0 Å². The average molecular weight is 479 g/mol. The zero-order chi connectivity index (χ0) is 24.0. The fourth-order valence-corrected chi connectivity index (χ4v) is 4.98. The summed E-state index contributed by atoms with van der Waals surface area (Å²) in [7, 11) is 0. The van der Waals surface area contributed by atoms with Crippen molar-refractivity contribution in [2.45, 2.75) is 19.9 Å². The zero-order valence-corrected chi connectivity index (χ0v) is 19.5. The molecule has 174 valence electrons. The number of carbonyl (C=O) groups is 1. The molecule has 34 heavy (non-hydrogen) atoms. The Morgan fingerprint density at radius 1 is 1.26 bits per heavy atom. The minimum Gasteiger partial charge on any atom is -0.476 e. The SMILES string of the molecule is Cc1cc([C@@H](C)Nc2ccc(Cl)nc2C(=O)O)c2nc(N3C[C@H]4COC[C@H]4C3)c(C#N)nc2c1. The van der Waals surface area contributed by atoms with E-state index in [4.69, 9.17) is 21.3 Å². The number of aromatic nitrogens is 3. The van der Waals surface area contributed by atoms with Crippen molar-refractivity contribution in [3.63, 3.8) is 0 Å². The Bertz CT molecular complexity index is 1330. The van der Waals surface area contributed by atoms with Crippen molar-refractivity contribution < 1.29 is 14.6 Å². The molecule has 2 aliphatic rings. The Balaban J connectivity index is 1.56. The summed E-state index contributed by atoms with van der Waals surface area (Å²) in [5, 5.41) is 22.7. The van der Waals surface area contributed by atoms with Gasteiger partial charge in [0.15, 0.2) is 17.2 Å². The first-order valence-electron chi connectivity index (χ1n) is 11.1. The number of carboxylic acid groups (broad SMARTS) is 1. The van der Waals surface area contributed by atoms with Crippen LogP contribution in [0.1, 0.15) is 40.3 Å². The number of nitriles is 1. The maximum Gasteiger partial charge on any atom is 0.356 e. The van der Waals surface area contributed by atoms with E-state index in [1.807, 2.05) is 26.0 Å². The van der Waals surface area contributed by atoms with Crippen molar-refractivity contribution in [1.82, 2.24) is 15.0 Å². The molecule has 0 unspecified atom stereocenters. The first kappa shape index (κ1) is 22.3. The second-order valence-corrected chi connectivity index (χ2v) is 9.28. The summed E-state index contributed by atoms with van der Waals surface area (Å²) in [6, 6.07) is 8.95. The lowest BCUT2D eigenvalue weighted by Crippen LogP contribution is -2.25. The molecule has 4 heterocycles. The van der Waals surface area contributed by atoms with Crippen LogP contribution < -0.4 is 10.2 Å². The normalized spacial score (nSPS) is 20.2. The summed E-state index contributed by atoms with van der Waals surface area (Å²) >= 11 is 5.90. The van der Waals surface area contributed by atoms with Crippen molar-refractivity contribution in [2.75, 3.05) is 36.5 Å². The standard InChI is InChI=1S/C24H23ClN6O3/c1-12-5-16(13(2)27-17-3-4-20(25)29-22(17)24(32)33)21-18(6-12)28-19(7-26)23(30-21)31-8-14-10-34-11-15(14)9-31/h3-6,13-15,27H,8-11H2,1-2H3,(H,32,33)/t13-,14-,15+/m1/s1. The summed E-state index contributed by atoms with van der Waals surface area (Å²) < 4.78 is 5.59. The molecule has 1 aromatic carbocycles. The summed E-state index contributed by atoms with van der Waals surface area (Å²) in [5.41, 5.74) is 3.62. The Labute approximate surface area is 201 Å². The van der Waals surface area contributed by atoms with Crippen molar-refractivity contribution in [3.8, 4) is 6.07 Å². The van der Waals surface area contributed by atoms with Gasteiger partial charge < -0.3 is 20.1 Å². The topological polar surface area (TPSA) is 124 Å². The van der Waals surface area contributed by atoms with Gasteiger partial charge in [-0.25, -0.2) is 19.7 Å². The quantitative estimate of drug-likeness (QED) is 0.526. The lowest BCUT2D eigenvalue weighted by molar-refractivity contribution is 0.0691. The van der Waals surface area contributed by atoms with Gasteiger partial charge in [-0.3, -0.25) is 0 Å². The van der Waals surface area contributed by atoms with E-state index in [2.05, 4.69) is 26.3 Å². The van der Waals surface area contributed by atoms with Gasteiger partial charge in [-0.15, -0.1) is 0 Å². The molecule has 3 aromatic rings. The fraction of sp³-hybridized carbons (Fsp3) is 0.375. The van der Waals surface area contributed by atoms with Crippen molar-refractivity contribution >= 4 is 40.1 Å². The highest BCUT2D eigenvalue weighted by molar-refractivity contribution is 6.29. The number of nitrogens with zero attached hydrogens (tertiary/aromatic N) is 5. The molecule has 0 spiro atoms. The number of anilines is 2. The molecule has 5 rings (SSSR count). The largest absolute Gasteiger partial charge is 0.476 e. The van der Waals surface area contributed by atoms with Crippen LogP contribution in [0.4, 0.5) is 11.5 Å². The van der Waals surface area contributed by atoms with Gasteiger partial charge in [0.2, 0.25) is 0 Å². The van der Waals surface area contributed by atoms with E-state index in [0.717, 1.165) is 37.4 Å². The van der Waals surface area contributed by atoms with Gasteiger partial charge in [-0.2, -0.15) is 5.26 Å². The molecular formula is C24H23ClN6O3. The van der Waals surface area contributed by atoms with Gasteiger partial charge in [-0.05, 0) is 37.6 Å². The Morgan fingerprint density at radius 3 is 2.68 bits per heavy atom. The van der Waals surface area contributed by atoms with E-state index in [0.29, 0.717) is 40.1 Å². The number of fused-ring (bicyclic) bond motifs is 2. The van der Waals surface area contributed by atoms with Gasteiger partial charge >= 0.3 is 5.97 Å². The van der Waals surface area contributed by atoms with Crippen LogP contribution in [-0.2, 0) is 4.74 Å². The Hall–Kier alpha value is -3.48. The van der Waals surface area contributed by atoms with E-state index >= 15 is 0 Å².